The van der Waals surface area contributed by atoms with E-state index in [-0.39, 0.29) is 105 Å². The summed E-state index contributed by atoms with van der Waals surface area (Å²) in [6, 6.07) is 0. The number of hydrogen-bond donors (Lipinski definition) is 9. The molecule has 0 aromatic carbocycles. The Morgan fingerprint density at radius 1 is 0.383 bits per heavy atom. The number of carbonyl (C=O) groups excluding carboxylic acids is 1. The standard InChI is InChI=1S/C42H82O18/c1-2-3-4-5-6-7-8-9-10-11-12-13-14-15-16-17-42(52)60-33-41(51)32-59-31-40(50)30-58-29-39(49)28-57-27-38(48)26-56-25-37(47)24-55-23-36(46)22-54-21-35(45)20-53-19-34(44)18-43/h9-10,34-41,43-51H,2-8,11-33H2,1H3. The van der Waals surface area contributed by atoms with Gasteiger partial charge in [0.15, 0.2) is 0 Å². The Hall–Kier alpha value is -1.43. The van der Waals surface area contributed by atoms with Gasteiger partial charge in [-0.25, -0.2) is 0 Å². The average Bonchev–Trinajstić information content (AvgIpc) is 3.21. The van der Waals surface area contributed by atoms with E-state index in [9.17, 15) is 45.6 Å². The van der Waals surface area contributed by atoms with Crippen molar-refractivity contribution in [1.82, 2.24) is 0 Å². The van der Waals surface area contributed by atoms with Crippen molar-refractivity contribution < 1.29 is 88.6 Å². The summed E-state index contributed by atoms with van der Waals surface area (Å²) in [5, 5.41) is 87.6. The molecule has 9 N–H and O–H groups in total. The maximum Gasteiger partial charge on any atom is 0.305 e. The summed E-state index contributed by atoms with van der Waals surface area (Å²) in [4.78, 5) is 12.0. The molecule has 0 saturated heterocycles. The van der Waals surface area contributed by atoms with Crippen molar-refractivity contribution in [2.45, 2.75) is 146 Å². The van der Waals surface area contributed by atoms with Gasteiger partial charge in [0.2, 0.25) is 0 Å². The van der Waals surface area contributed by atoms with Gasteiger partial charge in [0, 0.05) is 6.42 Å². The first kappa shape index (κ1) is 58.6. The molecule has 358 valence electrons. The second-order valence-corrected chi connectivity index (χ2v) is 15.2. The topological polar surface area (TPSA) is 273 Å². The van der Waals surface area contributed by atoms with Crippen LogP contribution in [0.4, 0.5) is 0 Å². The van der Waals surface area contributed by atoms with E-state index in [0.29, 0.717) is 6.42 Å². The van der Waals surface area contributed by atoms with E-state index in [4.69, 9.17) is 43.0 Å². The van der Waals surface area contributed by atoms with Crippen molar-refractivity contribution in [3.63, 3.8) is 0 Å². The van der Waals surface area contributed by atoms with Crippen LogP contribution in [0.2, 0.25) is 0 Å². The van der Waals surface area contributed by atoms with Gasteiger partial charge in [-0.05, 0) is 32.1 Å². The minimum Gasteiger partial charge on any atom is -0.463 e. The molecule has 0 bridgehead atoms. The molecule has 0 saturated carbocycles. The highest BCUT2D eigenvalue weighted by Gasteiger charge is 2.15. The number of esters is 1. The molecule has 0 aliphatic carbocycles. The Morgan fingerprint density at radius 2 is 0.650 bits per heavy atom. The fourth-order valence-electron chi connectivity index (χ4n) is 5.37. The lowest BCUT2D eigenvalue weighted by Gasteiger charge is -2.18. The molecule has 18 heteroatoms. The van der Waals surface area contributed by atoms with Gasteiger partial charge in [0.25, 0.3) is 0 Å². The lowest BCUT2D eigenvalue weighted by molar-refractivity contribution is -0.148. The van der Waals surface area contributed by atoms with Crippen LogP contribution in [0.15, 0.2) is 12.2 Å². The van der Waals surface area contributed by atoms with Crippen LogP contribution in [0.5, 0.6) is 0 Å². The van der Waals surface area contributed by atoms with E-state index < -0.39 is 55.4 Å². The highest BCUT2D eigenvalue weighted by molar-refractivity contribution is 5.69. The number of aliphatic hydroxyl groups excluding tert-OH is 9. The van der Waals surface area contributed by atoms with Gasteiger partial charge in [-0.3, -0.25) is 4.79 Å². The first-order chi connectivity index (χ1) is 29.0. The summed E-state index contributed by atoms with van der Waals surface area (Å²) in [6.07, 6.45) is 12.0. The van der Waals surface area contributed by atoms with Gasteiger partial charge in [-0.2, -0.15) is 0 Å². The zero-order valence-electron chi connectivity index (χ0n) is 36.2. The van der Waals surface area contributed by atoms with E-state index in [0.717, 1.165) is 38.5 Å². The number of carbonyl (C=O) groups is 1. The van der Waals surface area contributed by atoms with E-state index in [1.54, 1.807) is 0 Å². The lowest BCUT2D eigenvalue weighted by Crippen LogP contribution is -2.31. The predicted molar refractivity (Wildman–Crippen MR) is 221 cm³/mol. The van der Waals surface area contributed by atoms with Gasteiger partial charge in [-0.15, -0.1) is 0 Å². The van der Waals surface area contributed by atoms with Gasteiger partial charge in [-0.1, -0.05) is 70.4 Å². The summed E-state index contributed by atoms with van der Waals surface area (Å²) < 4.78 is 41.6. The molecule has 0 rings (SSSR count). The SMILES string of the molecule is CCCCCCCCC=CCCCCCCCC(=O)OCC(O)COCC(O)COCC(O)COCC(O)COCC(O)COCC(O)COCC(O)COCC(O)CO. The first-order valence-electron chi connectivity index (χ1n) is 21.9. The van der Waals surface area contributed by atoms with Gasteiger partial charge < -0.3 is 83.9 Å². The van der Waals surface area contributed by atoms with E-state index >= 15 is 0 Å². The van der Waals surface area contributed by atoms with Crippen molar-refractivity contribution in [1.29, 1.82) is 0 Å². The van der Waals surface area contributed by atoms with E-state index in [1.165, 1.54) is 44.9 Å². The summed E-state index contributed by atoms with van der Waals surface area (Å²) in [5.74, 6) is -0.361. The summed E-state index contributed by atoms with van der Waals surface area (Å²) >= 11 is 0. The molecule has 0 spiro atoms. The second kappa shape index (κ2) is 42.9. The third kappa shape index (κ3) is 41.9. The molecule has 0 aromatic heterocycles. The molecule has 0 aromatic rings. The fourth-order valence-corrected chi connectivity index (χ4v) is 5.37. The Morgan fingerprint density at radius 3 is 0.967 bits per heavy atom. The predicted octanol–water partition coefficient (Wildman–Crippen LogP) is 0.563. The van der Waals surface area contributed by atoms with Crippen LogP contribution in [-0.4, -0.2) is 206 Å². The molecule has 0 heterocycles. The summed E-state index contributed by atoms with van der Waals surface area (Å²) in [5.41, 5.74) is 0. The molecule has 0 radical (unpaired) electrons. The smallest absolute Gasteiger partial charge is 0.305 e. The van der Waals surface area contributed by atoms with Crippen LogP contribution in [0.3, 0.4) is 0 Å². The summed E-state index contributed by atoms with van der Waals surface area (Å²) in [7, 11) is 0. The Labute approximate surface area is 357 Å². The molecular weight excluding hydrogens is 792 g/mol. The van der Waals surface area contributed by atoms with Crippen molar-refractivity contribution in [2.24, 2.45) is 0 Å². The van der Waals surface area contributed by atoms with Crippen molar-refractivity contribution in [2.75, 3.05) is 106 Å². The molecule has 8 unspecified atom stereocenters. The molecule has 0 aliphatic rings. The Balaban J connectivity index is 3.68. The first-order valence-corrected chi connectivity index (χ1v) is 21.9. The van der Waals surface area contributed by atoms with E-state index in [1.807, 2.05) is 0 Å². The number of aliphatic hydroxyl groups is 9. The van der Waals surface area contributed by atoms with Crippen LogP contribution in [-0.2, 0) is 42.7 Å². The number of allylic oxidation sites excluding steroid dienone is 2. The van der Waals surface area contributed by atoms with Crippen LogP contribution >= 0.6 is 0 Å². The normalized spacial score (nSPS) is 16.1. The van der Waals surface area contributed by atoms with Crippen molar-refractivity contribution in [3.05, 3.63) is 12.2 Å². The highest BCUT2D eigenvalue weighted by Crippen LogP contribution is 2.10. The average molecular weight is 875 g/mol. The monoisotopic (exact) mass is 875 g/mol. The fraction of sp³-hybridized carbons (Fsp3) is 0.929. The Kier molecular flexibility index (Phi) is 41.8. The van der Waals surface area contributed by atoms with Gasteiger partial charge in [0.05, 0.1) is 99.1 Å². The molecule has 8 atom stereocenters. The number of unbranched alkanes of at least 4 members (excludes halogenated alkanes) is 11. The van der Waals surface area contributed by atoms with Crippen LogP contribution in [0.1, 0.15) is 96.8 Å². The molecule has 60 heavy (non-hydrogen) atoms. The molecular formula is C42H82O18. The third-order valence-corrected chi connectivity index (χ3v) is 8.63. The van der Waals surface area contributed by atoms with Gasteiger partial charge >= 0.3 is 5.97 Å². The van der Waals surface area contributed by atoms with Gasteiger partial charge in [0.1, 0.15) is 55.4 Å². The molecule has 0 aliphatic heterocycles. The number of ether oxygens (including phenoxy) is 8. The molecule has 0 amide bonds. The second-order valence-electron chi connectivity index (χ2n) is 15.2. The van der Waals surface area contributed by atoms with Crippen LogP contribution < -0.4 is 0 Å². The maximum atomic E-state index is 12.0. The van der Waals surface area contributed by atoms with Crippen LogP contribution in [0.25, 0.3) is 0 Å². The Bertz CT molecular complexity index is 949. The van der Waals surface area contributed by atoms with Crippen molar-refractivity contribution in [3.8, 4) is 0 Å². The van der Waals surface area contributed by atoms with Crippen LogP contribution in [0, 0.1) is 0 Å². The van der Waals surface area contributed by atoms with Crippen molar-refractivity contribution >= 4 is 5.97 Å². The zero-order chi connectivity index (χ0) is 44.5. The van der Waals surface area contributed by atoms with E-state index in [2.05, 4.69) is 19.1 Å². The molecule has 0 fully saturated rings. The lowest BCUT2D eigenvalue weighted by atomic mass is 10.1. The zero-order valence-corrected chi connectivity index (χ0v) is 36.2. The summed E-state index contributed by atoms with van der Waals surface area (Å²) in [6.45, 7) is -0.439. The number of hydrogen-bond acceptors (Lipinski definition) is 18. The quantitative estimate of drug-likeness (QED) is 0.0230. The molecule has 18 nitrogen and oxygen atoms in total. The maximum absolute atomic E-state index is 12.0. The minimum absolute atomic E-state index is 0.117. The highest BCUT2D eigenvalue weighted by atomic mass is 16.6. The number of rotatable bonds is 46. The minimum atomic E-state index is -1.04. The largest absolute Gasteiger partial charge is 0.463 e. The third-order valence-electron chi connectivity index (χ3n) is 8.63.